The smallest absolute Gasteiger partial charge is 0.217 e. The van der Waals surface area contributed by atoms with Crippen LogP contribution in [0.1, 0.15) is 61.8 Å². The first-order valence-corrected chi connectivity index (χ1v) is 7.28. The standard InChI is InChI=1S/C17H25NO2/c1-3-7-16(19)15-12-13(2)10-11-14(15)8-5-4-6-9-17(18)20/h5,8,10-12,16,19H,3-4,6-7,9H2,1-2H3,(H2,18,20)/t16-/m0/s1. The van der Waals surface area contributed by atoms with Crippen LogP contribution in [0.3, 0.4) is 0 Å². The van der Waals surface area contributed by atoms with Gasteiger partial charge in [-0.05, 0) is 37.3 Å². The largest absolute Gasteiger partial charge is 0.388 e. The van der Waals surface area contributed by atoms with Crippen LogP contribution in [0, 0.1) is 6.92 Å². The summed E-state index contributed by atoms with van der Waals surface area (Å²) in [6.07, 6.45) is 7.38. The molecule has 0 saturated carbocycles. The number of unbranched alkanes of at least 4 members (excludes halogenated alkanes) is 1. The van der Waals surface area contributed by atoms with Crippen LogP contribution >= 0.6 is 0 Å². The van der Waals surface area contributed by atoms with Crippen LogP contribution in [0.2, 0.25) is 0 Å². The van der Waals surface area contributed by atoms with E-state index < -0.39 is 6.10 Å². The quantitative estimate of drug-likeness (QED) is 0.713. The predicted molar refractivity (Wildman–Crippen MR) is 83.1 cm³/mol. The molecule has 0 aliphatic rings. The fourth-order valence-electron chi connectivity index (χ4n) is 2.17. The summed E-state index contributed by atoms with van der Waals surface area (Å²) in [5.41, 5.74) is 8.29. The fourth-order valence-corrected chi connectivity index (χ4v) is 2.17. The van der Waals surface area contributed by atoms with E-state index in [1.165, 1.54) is 0 Å². The first kappa shape index (κ1) is 16.4. The molecule has 0 unspecified atom stereocenters. The van der Waals surface area contributed by atoms with Crippen LogP contribution in [0.5, 0.6) is 0 Å². The van der Waals surface area contributed by atoms with Gasteiger partial charge in [-0.3, -0.25) is 4.79 Å². The third kappa shape index (κ3) is 5.57. The molecule has 3 nitrogen and oxygen atoms in total. The molecule has 1 atom stereocenters. The number of carbonyl (C=O) groups is 1. The van der Waals surface area contributed by atoms with Crippen LogP contribution < -0.4 is 5.73 Å². The number of aryl methyl sites for hydroxylation is 1. The minimum Gasteiger partial charge on any atom is -0.388 e. The third-order valence-electron chi connectivity index (χ3n) is 3.25. The number of aliphatic hydroxyl groups is 1. The molecule has 1 amide bonds. The molecule has 0 bridgehead atoms. The minimum atomic E-state index is -0.412. The number of hydrogen-bond donors (Lipinski definition) is 2. The van der Waals surface area contributed by atoms with Crippen molar-refractivity contribution in [1.82, 2.24) is 0 Å². The van der Waals surface area contributed by atoms with E-state index in [9.17, 15) is 9.90 Å². The van der Waals surface area contributed by atoms with Gasteiger partial charge in [0.05, 0.1) is 6.10 Å². The van der Waals surface area contributed by atoms with Crippen molar-refractivity contribution in [3.8, 4) is 0 Å². The highest BCUT2D eigenvalue weighted by Crippen LogP contribution is 2.24. The highest BCUT2D eigenvalue weighted by molar-refractivity contribution is 5.73. The molecule has 1 aromatic carbocycles. The SMILES string of the molecule is CCC[C@H](O)c1cc(C)ccc1C=CCCCC(N)=O. The van der Waals surface area contributed by atoms with Gasteiger partial charge in [-0.1, -0.05) is 49.3 Å². The van der Waals surface area contributed by atoms with Gasteiger partial charge in [0, 0.05) is 6.42 Å². The summed E-state index contributed by atoms with van der Waals surface area (Å²) in [7, 11) is 0. The summed E-state index contributed by atoms with van der Waals surface area (Å²) in [6.45, 7) is 4.10. The molecule has 0 saturated heterocycles. The Morgan fingerprint density at radius 1 is 1.45 bits per heavy atom. The molecule has 0 aliphatic carbocycles. The van der Waals surface area contributed by atoms with Crippen molar-refractivity contribution in [3.63, 3.8) is 0 Å². The van der Waals surface area contributed by atoms with E-state index in [0.29, 0.717) is 6.42 Å². The Bertz CT molecular complexity index is 466. The van der Waals surface area contributed by atoms with Gasteiger partial charge < -0.3 is 10.8 Å². The topological polar surface area (TPSA) is 63.3 Å². The molecule has 0 heterocycles. The Labute approximate surface area is 121 Å². The van der Waals surface area contributed by atoms with Gasteiger partial charge in [0.25, 0.3) is 0 Å². The average Bonchev–Trinajstić information content (AvgIpc) is 2.39. The van der Waals surface area contributed by atoms with Crippen molar-refractivity contribution in [2.45, 2.75) is 52.1 Å². The van der Waals surface area contributed by atoms with Gasteiger partial charge in [0.15, 0.2) is 0 Å². The van der Waals surface area contributed by atoms with E-state index in [0.717, 1.165) is 42.4 Å². The summed E-state index contributed by atoms with van der Waals surface area (Å²) < 4.78 is 0. The summed E-state index contributed by atoms with van der Waals surface area (Å²) in [5.74, 6) is -0.257. The molecule has 20 heavy (non-hydrogen) atoms. The first-order chi connectivity index (χ1) is 9.54. The normalized spacial score (nSPS) is 12.8. The van der Waals surface area contributed by atoms with Crippen molar-refractivity contribution in [3.05, 3.63) is 41.0 Å². The number of primary amides is 1. The van der Waals surface area contributed by atoms with E-state index in [4.69, 9.17) is 5.73 Å². The lowest BCUT2D eigenvalue weighted by Crippen LogP contribution is -2.09. The molecule has 1 rings (SSSR count). The van der Waals surface area contributed by atoms with Crippen LogP contribution in [0.15, 0.2) is 24.3 Å². The third-order valence-corrected chi connectivity index (χ3v) is 3.25. The van der Waals surface area contributed by atoms with Crippen molar-refractivity contribution in [1.29, 1.82) is 0 Å². The number of amides is 1. The first-order valence-electron chi connectivity index (χ1n) is 7.28. The van der Waals surface area contributed by atoms with Gasteiger partial charge in [-0.25, -0.2) is 0 Å². The predicted octanol–water partition coefficient (Wildman–Crippen LogP) is 3.50. The van der Waals surface area contributed by atoms with E-state index in [1.807, 2.05) is 37.3 Å². The Morgan fingerprint density at radius 2 is 2.20 bits per heavy atom. The monoisotopic (exact) mass is 275 g/mol. The lowest BCUT2D eigenvalue weighted by atomic mass is 9.96. The fraction of sp³-hybridized carbons (Fsp3) is 0.471. The lowest BCUT2D eigenvalue weighted by molar-refractivity contribution is -0.118. The van der Waals surface area contributed by atoms with Crippen LogP contribution in [0.25, 0.3) is 6.08 Å². The van der Waals surface area contributed by atoms with Crippen molar-refractivity contribution < 1.29 is 9.90 Å². The molecule has 0 radical (unpaired) electrons. The summed E-state index contributed by atoms with van der Waals surface area (Å²) in [6, 6.07) is 6.13. The highest BCUT2D eigenvalue weighted by Gasteiger charge is 2.10. The maximum Gasteiger partial charge on any atom is 0.217 e. The van der Waals surface area contributed by atoms with Crippen LogP contribution in [0.4, 0.5) is 0 Å². The molecule has 110 valence electrons. The summed E-state index contributed by atoms with van der Waals surface area (Å²) in [4.78, 5) is 10.7. The van der Waals surface area contributed by atoms with Crippen LogP contribution in [-0.4, -0.2) is 11.0 Å². The van der Waals surface area contributed by atoms with Crippen molar-refractivity contribution in [2.24, 2.45) is 5.73 Å². The zero-order chi connectivity index (χ0) is 15.0. The Kier molecular flexibility index (Phi) is 7.02. The number of aliphatic hydroxyl groups excluding tert-OH is 1. The molecule has 0 aliphatic heterocycles. The van der Waals surface area contributed by atoms with Crippen molar-refractivity contribution >= 4 is 12.0 Å². The van der Waals surface area contributed by atoms with Gasteiger partial charge in [-0.2, -0.15) is 0 Å². The van der Waals surface area contributed by atoms with Gasteiger partial charge in [0.1, 0.15) is 0 Å². The second-order valence-corrected chi connectivity index (χ2v) is 5.20. The Balaban J connectivity index is 2.73. The number of carbonyl (C=O) groups excluding carboxylic acids is 1. The average molecular weight is 275 g/mol. The minimum absolute atomic E-state index is 0.257. The molecule has 3 heteroatoms. The number of allylic oxidation sites excluding steroid dienone is 1. The maximum absolute atomic E-state index is 10.7. The second kappa shape index (κ2) is 8.54. The van der Waals surface area contributed by atoms with Gasteiger partial charge in [0.2, 0.25) is 5.91 Å². The second-order valence-electron chi connectivity index (χ2n) is 5.20. The number of rotatable bonds is 8. The van der Waals surface area contributed by atoms with E-state index in [-0.39, 0.29) is 5.91 Å². The number of nitrogens with two attached hydrogens (primary N) is 1. The van der Waals surface area contributed by atoms with Crippen molar-refractivity contribution in [2.75, 3.05) is 0 Å². The highest BCUT2D eigenvalue weighted by atomic mass is 16.3. The number of hydrogen-bond acceptors (Lipinski definition) is 2. The number of benzene rings is 1. The van der Waals surface area contributed by atoms with Gasteiger partial charge >= 0.3 is 0 Å². The zero-order valence-electron chi connectivity index (χ0n) is 12.4. The Morgan fingerprint density at radius 3 is 2.85 bits per heavy atom. The lowest BCUT2D eigenvalue weighted by Gasteiger charge is -2.14. The molecule has 0 spiro atoms. The van der Waals surface area contributed by atoms with E-state index in [2.05, 4.69) is 6.92 Å². The zero-order valence-corrected chi connectivity index (χ0v) is 12.4. The van der Waals surface area contributed by atoms with Crippen LogP contribution in [-0.2, 0) is 4.79 Å². The summed E-state index contributed by atoms with van der Waals surface area (Å²) >= 11 is 0. The molecule has 0 aromatic heterocycles. The van der Waals surface area contributed by atoms with E-state index in [1.54, 1.807) is 0 Å². The molecular formula is C17H25NO2. The molecule has 0 fully saturated rings. The summed E-state index contributed by atoms with van der Waals surface area (Å²) in [5, 5.41) is 10.2. The Hall–Kier alpha value is -1.61. The van der Waals surface area contributed by atoms with Gasteiger partial charge in [-0.15, -0.1) is 0 Å². The molecule has 1 aromatic rings. The maximum atomic E-state index is 10.7. The molecule has 3 N–H and O–H groups in total. The molecular weight excluding hydrogens is 250 g/mol. The van der Waals surface area contributed by atoms with E-state index >= 15 is 0 Å².